The first-order valence-corrected chi connectivity index (χ1v) is 11.2. The second-order valence-corrected chi connectivity index (χ2v) is 9.54. The van der Waals surface area contributed by atoms with Gasteiger partial charge in [0, 0.05) is 35.3 Å². The van der Waals surface area contributed by atoms with E-state index in [0.717, 1.165) is 15.4 Å². The number of sulfonamides is 1. The van der Waals surface area contributed by atoms with Crippen molar-refractivity contribution >= 4 is 37.6 Å². The molecular weight excluding hydrogens is 466 g/mol. The smallest absolute Gasteiger partial charge is 0.267 e. The van der Waals surface area contributed by atoms with E-state index in [1.54, 1.807) is 0 Å². The van der Waals surface area contributed by atoms with Gasteiger partial charge >= 0.3 is 0 Å². The molecule has 0 aromatic heterocycles. The Morgan fingerprint density at radius 2 is 1.40 bits per heavy atom. The van der Waals surface area contributed by atoms with E-state index in [2.05, 4.69) is 26.5 Å². The largest absolute Gasteiger partial charge is 0.271 e. The summed E-state index contributed by atoms with van der Waals surface area (Å²) in [6.45, 7) is 0. The van der Waals surface area contributed by atoms with Crippen LogP contribution < -0.4 is 5.43 Å². The first-order chi connectivity index (χ1) is 14.3. The number of hydrogen-bond acceptors (Lipinski definition) is 4. The third-order valence-corrected chi connectivity index (χ3v) is 7.12. The van der Waals surface area contributed by atoms with Crippen molar-refractivity contribution in [3.63, 3.8) is 0 Å². The topological polar surface area (TPSA) is 78.8 Å². The lowest BCUT2D eigenvalue weighted by Gasteiger charge is -2.14. The molecule has 0 fully saturated rings. The summed E-state index contributed by atoms with van der Waals surface area (Å²) in [6.07, 6.45) is 0. The van der Waals surface area contributed by atoms with Gasteiger partial charge in [0.05, 0.1) is 10.6 Å². The van der Waals surface area contributed by atoms with Gasteiger partial charge in [-0.3, -0.25) is 4.79 Å². The quantitative estimate of drug-likeness (QED) is 0.424. The molecule has 0 spiro atoms. The van der Waals surface area contributed by atoms with Gasteiger partial charge in [-0.2, -0.15) is 5.10 Å². The Kier molecular flexibility index (Phi) is 6.81. The summed E-state index contributed by atoms with van der Waals surface area (Å²) in [5.74, 6) is -0.512. The van der Waals surface area contributed by atoms with Crippen molar-refractivity contribution in [1.29, 1.82) is 0 Å². The lowest BCUT2D eigenvalue weighted by atomic mass is 10.0. The lowest BCUT2D eigenvalue weighted by molar-refractivity contribution is 0.0954. The zero-order valence-corrected chi connectivity index (χ0v) is 18.8. The third kappa shape index (κ3) is 4.84. The summed E-state index contributed by atoms with van der Waals surface area (Å²) in [5.41, 5.74) is 5.02. The van der Waals surface area contributed by atoms with Crippen molar-refractivity contribution in [3.8, 4) is 0 Å². The van der Waals surface area contributed by atoms with E-state index in [4.69, 9.17) is 0 Å². The molecule has 3 aromatic rings. The van der Waals surface area contributed by atoms with Gasteiger partial charge in [-0.15, -0.1) is 0 Å². The SMILES string of the molecule is CN(C)S(=O)(=O)c1cc(C(=O)NN=C(c2ccccc2)c2ccccc2)ccc1Br. The molecule has 1 amide bonds. The van der Waals surface area contributed by atoms with Gasteiger partial charge < -0.3 is 0 Å². The van der Waals surface area contributed by atoms with Crippen LogP contribution in [0.25, 0.3) is 0 Å². The van der Waals surface area contributed by atoms with Crippen molar-refractivity contribution in [1.82, 2.24) is 9.73 Å². The highest BCUT2D eigenvalue weighted by Gasteiger charge is 2.22. The summed E-state index contributed by atoms with van der Waals surface area (Å²) in [5, 5.41) is 4.34. The average Bonchev–Trinajstić information content (AvgIpc) is 2.75. The Morgan fingerprint density at radius 1 is 0.867 bits per heavy atom. The summed E-state index contributed by atoms with van der Waals surface area (Å²) < 4.78 is 26.5. The Balaban J connectivity index is 1.95. The number of carbonyl (C=O) groups excluding carboxylic acids is 1. The van der Waals surface area contributed by atoms with Crippen LogP contribution in [0, 0.1) is 0 Å². The van der Waals surface area contributed by atoms with Gasteiger partial charge in [-0.1, -0.05) is 60.7 Å². The first-order valence-electron chi connectivity index (χ1n) is 9.01. The van der Waals surface area contributed by atoms with Crippen molar-refractivity contribution in [2.45, 2.75) is 4.90 Å². The Bertz CT molecular complexity index is 1140. The van der Waals surface area contributed by atoms with Crippen LogP contribution in [0.3, 0.4) is 0 Å². The van der Waals surface area contributed by atoms with Crippen LogP contribution in [0.4, 0.5) is 0 Å². The van der Waals surface area contributed by atoms with Gasteiger partial charge in [0.15, 0.2) is 0 Å². The van der Waals surface area contributed by atoms with E-state index in [9.17, 15) is 13.2 Å². The van der Waals surface area contributed by atoms with Crippen LogP contribution in [0.15, 0.2) is 93.3 Å². The third-order valence-electron chi connectivity index (χ3n) is 4.32. The predicted octanol–water partition coefficient (Wildman–Crippen LogP) is 3.88. The van der Waals surface area contributed by atoms with E-state index >= 15 is 0 Å². The second-order valence-electron chi connectivity index (χ2n) is 6.57. The molecule has 6 nitrogen and oxygen atoms in total. The zero-order valence-electron chi connectivity index (χ0n) is 16.4. The maximum Gasteiger partial charge on any atom is 0.271 e. The monoisotopic (exact) mass is 485 g/mol. The molecule has 0 radical (unpaired) electrons. The Morgan fingerprint density at radius 3 is 1.90 bits per heavy atom. The van der Waals surface area contributed by atoms with Crippen LogP contribution in [0.5, 0.6) is 0 Å². The molecule has 0 unspecified atom stereocenters. The number of rotatable bonds is 6. The number of halogens is 1. The summed E-state index contributed by atoms with van der Waals surface area (Å²) in [7, 11) is -0.840. The maximum atomic E-state index is 12.7. The van der Waals surface area contributed by atoms with Crippen molar-refractivity contribution in [3.05, 3.63) is 100 Å². The van der Waals surface area contributed by atoms with E-state index in [0.29, 0.717) is 10.2 Å². The molecule has 0 aliphatic rings. The van der Waals surface area contributed by atoms with Crippen LogP contribution >= 0.6 is 15.9 Å². The highest BCUT2D eigenvalue weighted by Crippen LogP contribution is 2.25. The summed E-state index contributed by atoms with van der Waals surface area (Å²) in [6, 6.07) is 23.4. The molecule has 0 heterocycles. The molecule has 3 rings (SSSR count). The molecule has 154 valence electrons. The number of benzene rings is 3. The second kappa shape index (κ2) is 9.34. The van der Waals surface area contributed by atoms with Crippen molar-refractivity contribution in [2.75, 3.05) is 14.1 Å². The fraction of sp³-hybridized carbons (Fsp3) is 0.0909. The minimum absolute atomic E-state index is 0.00970. The molecule has 8 heteroatoms. The van der Waals surface area contributed by atoms with Crippen LogP contribution in [0.2, 0.25) is 0 Å². The Labute approximate surface area is 184 Å². The van der Waals surface area contributed by atoms with Gasteiger partial charge in [-0.25, -0.2) is 18.1 Å². The molecule has 0 aliphatic carbocycles. The number of nitrogens with one attached hydrogen (secondary N) is 1. The molecular formula is C22H20BrN3O3S. The minimum Gasteiger partial charge on any atom is -0.267 e. The zero-order chi connectivity index (χ0) is 21.7. The van der Waals surface area contributed by atoms with Crippen LogP contribution in [0.1, 0.15) is 21.5 Å². The molecule has 0 atom stereocenters. The fourth-order valence-corrected chi connectivity index (χ4v) is 4.54. The number of hydrazone groups is 1. The number of nitrogens with zero attached hydrogens (tertiary/aromatic N) is 2. The minimum atomic E-state index is -3.71. The van der Waals surface area contributed by atoms with Gasteiger partial charge in [0.2, 0.25) is 10.0 Å². The molecule has 3 aromatic carbocycles. The number of hydrogen-bond donors (Lipinski definition) is 1. The standard InChI is InChI=1S/C22H20BrN3O3S/c1-26(2)30(28,29)20-15-18(13-14-19(20)23)22(27)25-24-21(16-9-5-3-6-10-16)17-11-7-4-8-12-17/h3-15H,1-2H3,(H,25,27). The van der Waals surface area contributed by atoms with Crippen molar-refractivity contribution < 1.29 is 13.2 Å². The molecule has 0 saturated heterocycles. The van der Waals surface area contributed by atoms with E-state index < -0.39 is 15.9 Å². The van der Waals surface area contributed by atoms with E-state index in [-0.39, 0.29) is 10.5 Å². The van der Waals surface area contributed by atoms with E-state index in [1.807, 2.05) is 60.7 Å². The first kappa shape index (κ1) is 21.9. The molecule has 0 saturated carbocycles. The van der Waals surface area contributed by atoms with E-state index in [1.165, 1.54) is 32.3 Å². The molecule has 1 N–H and O–H groups in total. The predicted molar refractivity (Wildman–Crippen MR) is 121 cm³/mol. The molecule has 0 aliphatic heterocycles. The van der Waals surface area contributed by atoms with Crippen LogP contribution in [-0.2, 0) is 10.0 Å². The fourth-order valence-electron chi connectivity index (χ4n) is 2.70. The number of carbonyl (C=O) groups is 1. The number of amides is 1. The average molecular weight is 486 g/mol. The van der Waals surface area contributed by atoms with Gasteiger partial charge in [0.1, 0.15) is 0 Å². The van der Waals surface area contributed by atoms with Crippen LogP contribution in [-0.4, -0.2) is 38.4 Å². The highest BCUT2D eigenvalue weighted by atomic mass is 79.9. The van der Waals surface area contributed by atoms with Gasteiger partial charge in [-0.05, 0) is 34.1 Å². The summed E-state index contributed by atoms with van der Waals surface area (Å²) >= 11 is 3.24. The highest BCUT2D eigenvalue weighted by molar-refractivity contribution is 9.10. The normalized spacial score (nSPS) is 11.2. The molecule has 30 heavy (non-hydrogen) atoms. The Hall–Kier alpha value is -2.81. The lowest BCUT2D eigenvalue weighted by Crippen LogP contribution is -2.24. The van der Waals surface area contributed by atoms with Gasteiger partial charge in [0.25, 0.3) is 5.91 Å². The summed E-state index contributed by atoms with van der Waals surface area (Å²) in [4.78, 5) is 12.7. The van der Waals surface area contributed by atoms with Crippen molar-refractivity contribution in [2.24, 2.45) is 5.10 Å². The maximum absolute atomic E-state index is 12.7. The molecule has 0 bridgehead atoms.